The zero-order valence-corrected chi connectivity index (χ0v) is 9.76. The van der Waals surface area contributed by atoms with E-state index in [1.807, 2.05) is 0 Å². The Kier molecular flexibility index (Phi) is 2.87. The Morgan fingerprint density at radius 3 is 2.53 bits per heavy atom. The molecule has 3 heteroatoms. The molecule has 17 heavy (non-hydrogen) atoms. The fourth-order valence-electron chi connectivity index (χ4n) is 3.40. The number of fused-ring (bicyclic) bond motifs is 1. The second-order valence-electron chi connectivity index (χ2n) is 5.23. The van der Waals surface area contributed by atoms with Crippen LogP contribution in [0.25, 0.3) is 0 Å². The van der Waals surface area contributed by atoms with Crippen LogP contribution in [0.5, 0.6) is 0 Å². The molecular formula is C14H17F2N. The third-order valence-electron chi connectivity index (χ3n) is 4.25. The quantitative estimate of drug-likeness (QED) is 0.787. The topological polar surface area (TPSA) is 12.0 Å². The minimum atomic E-state index is -0.418. The molecule has 3 unspecified atom stereocenters. The summed E-state index contributed by atoms with van der Waals surface area (Å²) in [5, 5.41) is 3.43. The Hall–Kier alpha value is -0.960. The molecule has 0 aromatic heterocycles. The van der Waals surface area contributed by atoms with Crippen LogP contribution in [0.4, 0.5) is 8.78 Å². The van der Waals surface area contributed by atoms with E-state index in [9.17, 15) is 8.78 Å². The van der Waals surface area contributed by atoms with Gasteiger partial charge in [0.1, 0.15) is 11.6 Å². The van der Waals surface area contributed by atoms with Gasteiger partial charge in [0.2, 0.25) is 0 Å². The molecule has 1 saturated carbocycles. The highest BCUT2D eigenvalue weighted by Gasteiger charge is 2.35. The average molecular weight is 237 g/mol. The molecule has 92 valence electrons. The van der Waals surface area contributed by atoms with Crippen LogP contribution in [-0.2, 0) is 0 Å². The lowest BCUT2D eigenvalue weighted by molar-refractivity contribution is 0.253. The van der Waals surface area contributed by atoms with Crippen molar-refractivity contribution in [2.45, 2.75) is 44.2 Å². The molecule has 0 radical (unpaired) electrons. The summed E-state index contributed by atoms with van der Waals surface area (Å²) >= 11 is 0. The Morgan fingerprint density at radius 2 is 1.76 bits per heavy atom. The second-order valence-corrected chi connectivity index (χ2v) is 5.23. The first-order chi connectivity index (χ1) is 8.25. The van der Waals surface area contributed by atoms with Gasteiger partial charge in [0.15, 0.2) is 0 Å². The maximum Gasteiger partial charge on any atom is 0.130 e. The molecule has 0 bridgehead atoms. The largest absolute Gasteiger partial charge is 0.307 e. The van der Waals surface area contributed by atoms with Crippen molar-refractivity contribution in [1.82, 2.24) is 5.32 Å². The van der Waals surface area contributed by atoms with Gasteiger partial charge in [0, 0.05) is 17.6 Å². The van der Waals surface area contributed by atoms with E-state index < -0.39 is 11.6 Å². The van der Waals surface area contributed by atoms with E-state index in [1.54, 1.807) is 0 Å². The molecule has 1 saturated heterocycles. The van der Waals surface area contributed by atoms with Crippen molar-refractivity contribution in [2.24, 2.45) is 5.92 Å². The fraction of sp³-hybridized carbons (Fsp3) is 0.571. The minimum absolute atomic E-state index is 0.143. The zero-order chi connectivity index (χ0) is 11.8. The van der Waals surface area contributed by atoms with E-state index in [0.717, 1.165) is 25.2 Å². The van der Waals surface area contributed by atoms with Crippen LogP contribution in [0.3, 0.4) is 0 Å². The highest BCUT2D eigenvalue weighted by atomic mass is 19.1. The first kappa shape index (κ1) is 11.1. The molecule has 2 aliphatic rings. The molecule has 0 spiro atoms. The lowest BCUT2D eigenvalue weighted by Crippen LogP contribution is -2.40. The van der Waals surface area contributed by atoms with E-state index in [2.05, 4.69) is 5.32 Å². The third kappa shape index (κ3) is 1.97. The van der Waals surface area contributed by atoms with Gasteiger partial charge in [-0.25, -0.2) is 8.78 Å². The molecule has 1 N–H and O–H groups in total. The first-order valence-corrected chi connectivity index (χ1v) is 6.45. The van der Waals surface area contributed by atoms with E-state index >= 15 is 0 Å². The summed E-state index contributed by atoms with van der Waals surface area (Å²) < 4.78 is 27.4. The number of rotatable bonds is 1. The van der Waals surface area contributed by atoms with Gasteiger partial charge in [-0.2, -0.15) is 0 Å². The number of nitrogens with one attached hydrogen (secondary N) is 1. The zero-order valence-electron chi connectivity index (χ0n) is 9.76. The molecule has 3 atom stereocenters. The van der Waals surface area contributed by atoms with Crippen LogP contribution < -0.4 is 5.32 Å². The van der Waals surface area contributed by atoms with Gasteiger partial charge in [0.05, 0.1) is 0 Å². The summed E-state index contributed by atoms with van der Waals surface area (Å²) in [7, 11) is 0. The van der Waals surface area contributed by atoms with Crippen LogP contribution >= 0.6 is 0 Å². The Labute approximate surface area is 100 Å². The van der Waals surface area contributed by atoms with Crippen molar-refractivity contribution in [1.29, 1.82) is 0 Å². The van der Waals surface area contributed by atoms with E-state index in [4.69, 9.17) is 0 Å². The third-order valence-corrected chi connectivity index (χ3v) is 4.25. The summed E-state index contributed by atoms with van der Waals surface area (Å²) in [5.41, 5.74) is 0.234. The van der Waals surface area contributed by atoms with Gasteiger partial charge < -0.3 is 5.32 Å². The van der Waals surface area contributed by atoms with E-state index in [-0.39, 0.29) is 11.6 Å². The van der Waals surface area contributed by atoms with Crippen molar-refractivity contribution in [3.8, 4) is 0 Å². The predicted molar refractivity (Wildman–Crippen MR) is 62.6 cm³/mol. The van der Waals surface area contributed by atoms with Crippen molar-refractivity contribution in [2.75, 3.05) is 0 Å². The van der Waals surface area contributed by atoms with Gasteiger partial charge in [-0.3, -0.25) is 0 Å². The maximum atomic E-state index is 13.7. The van der Waals surface area contributed by atoms with Gasteiger partial charge >= 0.3 is 0 Å². The van der Waals surface area contributed by atoms with Gasteiger partial charge in [-0.15, -0.1) is 0 Å². The van der Waals surface area contributed by atoms with Crippen LogP contribution in [0, 0.1) is 17.6 Å². The summed E-state index contributed by atoms with van der Waals surface area (Å²) in [4.78, 5) is 0. The Bertz CT molecular complexity index is 398. The molecular weight excluding hydrogens is 220 g/mol. The van der Waals surface area contributed by atoms with Crippen LogP contribution in [-0.4, -0.2) is 6.04 Å². The lowest BCUT2D eigenvalue weighted by atomic mass is 9.86. The summed E-state index contributed by atoms with van der Waals surface area (Å²) in [6.07, 6.45) is 5.60. The smallest absolute Gasteiger partial charge is 0.130 e. The Balaban J connectivity index is 1.85. The summed E-state index contributed by atoms with van der Waals surface area (Å²) in [6, 6.07) is 4.44. The number of hydrogen-bond donors (Lipinski definition) is 1. The SMILES string of the molecule is Fc1cccc(F)c1C1CCC2CCCC2N1. The van der Waals surface area contributed by atoms with Crippen LogP contribution in [0.15, 0.2) is 18.2 Å². The van der Waals surface area contributed by atoms with E-state index in [0.29, 0.717) is 6.04 Å². The molecule has 1 heterocycles. The molecule has 1 nitrogen and oxygen atoms in total. The highest BCUT2D eigenvalue weighted by Crippen LogP contribution is 2.38. The van der Waals surface area contributed by atoms with E-state index in [1.165, 1.54) is 31.0 Å². The Morgan fingerprint density at radius 1 is 1.00 bits per heavy atom. The second kappa shape index (κ2) is 4.37. The number of hydrogen-bond acceptors (Lipinski definition) is 1. The molecule has 1 aliphatic carbocycles. The molecule has 1 aromatic carbocycles. The lowest BCUT2D eigenvalue weighted by Gasteiger charge is -2.34. The predicted octanol–water partition coefficient (Wildman–Crippen LogP) is 3.56. The molecule has 2 fully saturated rings. The van der Waals surface area contributed by atoms with Crippen molar-refractivity contribution < 1.29 is 8.78 Å². The summed E-state index contributed by atoms with van der Waals surface area (Å²) in [5.74, 6) is -0.112. The minimum Gasteiger partial charge on any atom is -0.307 e. The normalized spacial score (nSPS) is 32.5. The van der Waals surface area contributed by atoms with Gasteiger partial charge in [0.25, 0.3) is 0 Å². The molecule has 1 aromatic rings. The number of halogens is 2. The first-order valence-electron chi connectivity index (χ1n) is 6.45. The average Bonchev–Trinajstić information content (AvgIpc) is 2.76. The molecule has 0 amide bonds. The monoisotopic (exact) mass is 237 g/mol. The molecule has 3 rings (SSSR count). The number of benzene rings is 1. The maximum absolute atomic E-state index is 13.7. The van der Waals surface area contributed by atoms with Gasteiger partial charge in [-0.05, 0) is 43.7 Å². The fourth-order valence-corrected chi connectivity index (χ4v) is 3.40. The molecule has 1 aliphatic heterocycles. The van der Waals surface area contributed by atoms with Crippen LogP contribution in [0.1, 0.15) is 43.7 Å². The highest BCUT2D eigenvalue weighted by molar-refractivity contribution is 5.24. The van der Waals surface area contributed by atoms with Crippen LogP contribution in [0.2, 0.25) is 0 Å². The number of piperidine rings is 1. The van der Waals surface area contributed by atoms with Crippen molar-refractivity contribution in [3.63, 3.8) is 0 Å². The van der Waals surface area contributed by atoms with Crippen molar-refractivity contribution in [3.05, 3.63) is 35.4 Å². The van der Waals surface area contributed by atoms with Gasteiger partial charge in [-0.1, -0.05) is 12.5 Å². The summed E-state index contributed by atoms with van der Waals surface area (Å²) in [6.45, 7) is 0. The standard InChI is InChI=1S/C14H17F2N/c15-10-4-2-5-11(16)14(10)13-8-7-9-3-1-6-12(9)17-13/h2,4-5,9,12-13,17H,1,3,6-8H2. The van der Waals surface area contributed by atoms with Crippen molar-refractivity contribution >= 4 is 0 Å².